The zero-order valence-corrected chi connectivity index (χ0v) is 16.5. The van der Waals surface area contributed by atoms with Crippen LogP contribution in [0.15, 0.2) is 0 Å². The Hall–Kier alpha value is -0.570. The molecule has 144 valence electrons. The van der Waals surface area contributed by atoms with Gasteiger partial charge in [-0.05, 0) is 13.5 Å². The summed E-state index contributed by atoms with van der Waals surface area (Å²) in [4.78, 5) is 10.9. The van der Waals surface area contributed by atoms with Crippen LogP contribution in [-0.4, -0.2) is 24.2 Å². The fraction of sp³-hybridized carbons (Fsp3) is 0.952. The van der Waals surface area contributed by atoms with E-state index in [4.69, 9.17) is 5.11 Å². The van der Waals surface area contributed by atoms with E-state index in [0.29, 0.717) is 0 Å². The van der Waals surface area contributed by atoms with Crippen LogP contribution < -0.4 is 5.32 Å². The Morgan fingerprint density at radius 3 is 1.33 bits per heavy atom. The summed E-state index contributed by atoms with van der Waals surface area (Å²) >= 11 is 0. The molecule has 0 bridgehead atoms. The van der Waals surface area contributed by atoms with Crippen molar-refractivity contribution < 1.29 is 9.90 Å². The molecule has 0 spiro atoms. The van der Waals surface area contributed by atoms with E-state index < -0.39 is 5.97 Å². The van der Waals surface area contributed by atoms with Crippen LogP contribution in [-0.2, 0) is 4.79 Å². The van der Waals surface area contributed by atoms with E-state index in [1.807, 2.05) is 0 Å². The Bertz CT molecular complexity index is 269. The predicted molar refractivity (Wildman–Crippen MR) is 105 cm³/mol. The highest BCUT2D eigenvalue weighted by Crippen LogP contribution is 2.14. The second-order valence-corrected chi connectivity index (χ2v) is 7.27. The Balaban J connectivity index is 3.11. The molecule has 0 amide bonds. The normalized spacial score (nSPS) is 12.4. The standard InChI is InChI=1S/C21H43NO2/c1-3-4-5-6-7-8-9-10-11-12-13-14-15-16-17-18-19-20(22-2)21(23)24/h20,22H,3-19H2,1-2H3,(H,23,24). The summed E-state index contributed by atoms with van der Waals surface area (Å²) in [5.74, 6) is -0.724. The van der Waals surface area contributed by atoms with Crippen molar-refractivity contribution in [3.63, 3.8) is 0 Å². The third-order valence-corrected chi connectivity index (χ3v) is 4.99. The van der Waals surface area contributed by atoms with Crippen LogP contribution in [0.3, 0.4) is 0 Å². The molecule has 0 aromatic heterocycles. The van der Waals surface area contributed by atoms with Crippen LogP contribution in [0.2, 0.25) is 0 Å². The number of nitrogens with one attached hydrogen (secondary N) is 1. The van der Waals surface area contributed by atoms with Gasteiger partial charge in [0.2, 0.25) is 0 Å². The van der Waals surface area contributed by atoms with Crippen molar-refractivity contribution >= 4 is 5.97 Å². The second-order valence-electron chi connectivity index (χ2n) is 7.27. The number of hydrogen-bond acceptors (Lipinski definition) is 2. The van der Waals surface area contributed by atoms with Crippen LogP contribution in [0.25, 0.3) is 0 Å². The lowest BCUT2D eigenvalue weighted by atomic mass is 10.0. The number of rotatable bonds is 19. The lowest BCUT2D eigenvalue weighted by Crippen LogP contribution is -2.33. The molecule has 0 aromatic carbocycles. The van der Waals surface area contributed by atoms with E-state index in [0.717, 1.165) is 12.8 Å². The zero-order chi connectivity index (χ0) is 17.9. The largest absolute Gasteiger partial charge is 0.480 e. The van der Waals surface area contributed by atoms with Gasteiger partial charge in [-0.25, -0.2) is 0 Å². The highest BCUT2D eigenvalue weighted by atomic mass is 16.4. The fourth-order valence-corrected chi connectivity index (χ4v) is 3.29. The number of unbranched alkanes of at least 4 members (excludes halogenated alkanes) is 15. The number of aliphatic carboxylic acids is 1. The molecule has 0 aromatic rings. The number of carboxylic acid groups (broad SMARTS) is 1. The molecule has 24 heavy (non-hydrogen) atoms. The molecule has 2 N–H and O–H groups in total. The van der Waals surface area contributed by atoms with Crippen LogP contribution in [0.4, 0.5) is 0 Å². The Kier molecular flexibility index (Phi) is 18.3. The van der Waals surface area contributed by atoms with Crippen molar-refractivity contribution in [2.24, 2.45) is 0 Å². The Labute approximate surface area is 151 Å². The lowest BCUT2D eigenvalue weighted by Gasteiger charge is -2.10. The summed E-state index contributed by atoms with van der Waals surface area (Å²) in [6, 6.07) is -0.364. The first-order chi connectivity index (χ1) is 11.7. The van der Waals surface area contributed by atoms with E-state index in [-0.39, 0.29) is 6.04 Å². The molecule has 3 heteroatoms. The maximum absolute atomic E-state index is 10.9. The van der Waals surface area contributed by atoms with Crippen LogP contribution >= 0.6 is 0 Å². The van der Waals surface area contributed by atoms with Gasteiger partial charge in [-0.3, -0.25) is 4.79 Å². The van der Waals surface area contributed by atoms with Gasteiger partial charge < -0.3 is 10.4 Å². The molecule has 0 heterocycles. The minimum absolute atomic E-state index is 0.364. The van der Waals surface area contributed by atoms with Gasteiger partial charge in [0.15, 0.2) is 0 Å². The molecule has 0 rings (SSSR count). The van der Waals surface area contributed by atoms with Crippen molar-refractivity contribution in [3.8, 4) is 0 Å². The van der Waals surface area contributed by atoms with E-state index in [1.165, 1.54) is 96.3 Å². The Morgan fingerprint density at radius 2 is 1.04 bits per heavy atom. The van der Waals surface area contributed by atoms with Gasteiger partial charge in [0.25, 0.3) is 0 Å². The lowest BCUT2D eigenvalue weighted by molar-refractivity contribution is -0.139. The molecule has 0 aliphatic heterocycles. The number of likely N-dealkylation sites (N-methyl/N-ethyl adjacent to an activating group) is 1. The molecule has 1 unspecified atom stereocenters. The summed E-state index contributed by atoms with van der Waals surface area (Å²) in [6.45, 7) is 2.28. The minimum atomic E-state index is -0.724. The van der Waals surface area contributed by atoms with Crippen molar-refractivity contribution in [2.75, 3.05) is 7.05 Å². The quantitative estimate of drug-likeness (QED) is 0.271. The molecular weight excluding hydrogens is 298 g/mol. The molecule has 0 saturated carbocycles. The van der Waals surface area contributed by atoms with Crippen molar-refractivity contribution in [2.45, 2.75) is 122 Å². The third-order valence-electron chi connectivity index (χ3n) is 4.99. The van der Waals surface area contributed by atoms with E-state index in [1.54, 1.807) is 7.05 Å². The third kappa shape index (κ3) is 16.3. The topological polar surface area (TPSA) is 49.3 Å². The fourth-order valence-electron chi connectivity index (χ4n) is 3.29. The summed E-state index contributed by atoms with van der Waals surface area (Å²) in [6.07, 6.45) is 22.4. The number of hydrogen-bond donors (Lipinski definition) is 2. The van der Waals surface area contributed by atoms with E-state index >= 15 is 0 Å². The monoisotopic (exact) mass is 341 g/mol. The predicted octanol–water partition coefficient (Wildman–Crippen LogP) is 6.31. The van der Waals surface area contributed by atoms with Gasteiger partial charge in [-0.15, -0.1) is 0 Å². The van der Waals surface area contributed by atoms with Gasteiger partial charge in [0.1, 0.15) is 6.04 Å². The van der Waals surface area contributed by atoms with Gasteiger partial charge in [-0.2, -0.15) is 0 Å². The SMILES string of the molecule is CCCCCCCCCCCCCCCCCCC(NC)C(=O)O. The van der Waals surface area contributed by atoms with Gasteiger partial charge >= 0.3 is 5.97 Å². The first-order valence-corrected chi connectivity index (χ1v) is 10.6. The molecule has 3 nitrogen and oxygen atoms in total. The van der Waals surface area contributed by atoms with E-state index in [9.17, 15) is 4.79 Å². The summed E-state index contributed by atoms with van der Waals surface area (Å²) < 4.78 is 0. The molecule has 0 radical (unpaired) electrons. The van der Waals surface area contributed by atoms with Crippen LogP contribution in [0, 0.1) is 0 Å². The first-order valence-electron chi connectivity index (χ1n) is 10.6. The second kappa shape index (κ2) is 18.8. The van der Waals surface area contributed by atoms with Crippen LogP contribution in [0.1, 0.15) is 116 Å². The van der Waals surface area contributed by atoms with Crippen molar-refractivity contribution in [1.29, 1.82) is 0 Å². The minimum Gasteiger partial charge on any atom is -0.480 e. The zero-order valence-electron chi connectivity index (χ0n) is 16.5. The van der Waals surface area contributed by atoms with Gasteiger partial charge in [-0.1, -0.05) is 110 Å². The molecule has 0 aliphatic carbocycles. The summed E-state index contributed by atoms with van der Waals surface area (Å²) in [7, 11) is 1.73. The smallest absolute Gasteiger partial charge is 0.320 e. The average molecular weight is 342 g/mol. The Morgan fingerprint density at radius 1 is 0.708 bits per heavy atom. The first kappa shape index (κ1) is 23.4. The van der Waals surface area contributed by atoms with Crippen molar-refractivity contribution in [3.05, 3.63) is 0 Å². The molecule has 0 saturated heterocycles. The summed E-state index contributed by atoms with van der Waals surface area (Å²) in [5, 5.41) is 11.8. The molecule has 0 aliphatic rings. The number of carbonyl (C=O) groups is 1. The maximum atomic E-state index is 10.9. The molecule has 0 fully saturated rings. The molecule has 1 atom stereocenters. The number of carboxylic acids is 1. The average Bonchev–Trinajstić information content (AvgIpc) is 2.57. The molecular formula is C21H43NO2. The van der Waals surface area contributed by atoms with E-state index in [2.05, 4.69) is 12.2 Å². The highest BCUT2D eigenvalue weighted by Gasteiger charge is 2.13. The van der Waals surface area contributed by atoms with Crippen LogP contribution in [0.5, 0.6) is 0 Å². The van der Waals surface area contributed by atoms with Gasteiger partial charge in [0, 0.05) is 0 Å². The maximum Gasteiger partial charge on any atom is 0.320 e. The highest BCUT2D eigenvalue weighted by molar-refractivity contribution is 5.73. The van der Waals surface area contributed by atoms with Crippen molar-refractivity contribution in [1.82, 2.24) is 5.32 Å². The van der Waals surface area contributed by atoms with Gasteiger partial charge in [0.05, 0.1) is 0 Å². The summed E-state index contributed by atoms with van der Waals surface area (Å²) in [5.41, 5.74) is 0.